The van der Waals surface area contributed by atoms with Crippen molar-refractivity contribution in [2.45, 2.75) is 90.3 Å². The number of nitrogen functional groups attached to an aromatic ring is 1. The van der Waals surface area contributed by atoms with E-state index >= 15 is 0 Å². The van der Waals surface area contributed by atoms with Gasteiger partial charge in [0.05, 0.1) is 29.7 Å². The maximum atomic E-state index is 13.5. The third-order valence-electron chi connectivity index (χ3n) is 6.36. The Morgan fingerprint density at radius 2 is 1.75 bits per heavy atom. The number of hydrogen-bond donors (Lipinski definition) is 1. The number of rotatable bonds is 7. The second-order valence-electron chi connectivity index (χ2n) is 9.38. The average Bonchev–Trinajstić information content (AvgIpc) is 2.81. The van der Waals surface area contributed by atoms with Crippen molar-refractivity contribution in [2.24, 2.45) is 0 Å². The maximum absolute atomic E-state index is 13.5. The van der Waals surface area contributed by atoms with E-state index in [-0.39, 0.29) is 41.9 Å². The molecule has 1 aromatic heterocycles. The van der Waals surface area contributed by atoms with Gasteiger partial charge in [-0.15, -0.1) is 0 Å². The number of piperidine rings is 1. The van der Waals surface area contributed by atoms with Gasteiger partial charge < -0.3 is 20.3 Å². The molecular weight excluding hydrogens is 495 g/mol. The molecule has 0 spiro atoms. The van der Waals surface area contributed by atoms with E-state index in [0.717, 1.165) is 12.1 Å². The normalized spacial score (nSPS) is 20.5. The van der Waals surface area contributed by atoms with Crippen molar-refractivity contribution in [1.82, 2.24) is 14.9 Å². The first-order valence-corrected chi connectivity index (χ1v) is 12.5. The quantitative estimate of drug-likeness (QED) is 0.454. The van der Waals surface area contributed by atoms with Gasteiger partial charge in [0, 0.05) is 29.7 Å². The molecule has 2 aromatic rings. The summed E-state index contributed by atoms with van der Waals surface area (Å²) in [6.45, 7) is 7.75. The van der Waals surface area contributed by atoms with E-state index in [0.29, 0.717) is 42.9 Å². The highest BCUT2D eigenvalue weighted by molar-refractivity contribution is 6.30. The van der Waals surface area contributed by atoms with Crippen LogP contribution in [-0.4, -0.2) is 45.2 Å². The zero-order chi connectivity index (χ0) is 26.6. The molecule has 2 N–H and O–H groups in total. The van der Waals surface area contributed by atoms with Crippen molar-refractivity contribution in [1.29, 1.82) is 0 Å². The Morgan fingerprint density at radius 1 is 1.17 bits per heavy atom. The van der Waals surface area contributed by atoms with Crippen LogP contribution < -0.4 is 10.6 Å². The molecule has 36 heavy (non-hydrogen) atoms. The Balaban J connectivity index is 1.98. The van der Waals surface area contributed by atoms with Crippen LogP contribution in [0.3, 0.4) is 0 Å². The molecule has 2 heterocycles. The number of hydrogen-bond acceptors (Lipinski definition) is 6. The minimum Gasteiger partial charge on any atom is -0.447 e. The number of nitrogens with zero attached hydrogens (tertiary/aromatic N) is 4. The van der Waals surface area contributed by atoms with Crippen LogP contribution in [0.5, 0.6) is 0 Å². The lowest BCUT2D eigenvalue weighted by Gasteiger charge is -2.47. The lowest BCUT2D eigenvalue weighted by atomic mass is 9.87. The summed E-state index contributed by atoms with van der Waals surface area (Å²) in [5, 5.41) is 0.00196. The molecule has 1 aromatic carbocycles. The molecule has 3 atom stereocenters. The van der Waals surface area contributed by atoms with Gasteiger partial charge in [-0.2, -0.15) is 13.2 Å². The summed E-state index contributed by atoms with van der Waals surface area (Å²) in [6.07, 6.45) is 0.401. The second kappa shape index (κ2) is 11.5. The SMILES string of the molecule is CC[C@@H]1C[C@@H](N(Cc2cc(Cl)cc(C(F)(F)F)c2)c2ncc(N)cn2)C[C@H](CC)N1C(=O)OC(C)C. The third kappa shape index (κ3) is 6.72. The highest BCUT2D eigenvalue weighted by Gasteiger charge is 2.41. The van der Waals surface area contributed by atoms with Gasteiger partial charge in [0.2, 0.25) is 5.95 Å². The van der Waals surface area contributed by atoms with Crippen LogP contribution in [0.4, 0.5) is 29.6 Å². The molecule has 1 aliphatic heterocycles. The van der Waals surface area contributed by atoms with Gasteiger partial charge in [-0.1, -0.05) is 25.4 Å². The van der Waals surface area contributed by atoms with Gasteiger partial charge in [0.1, 0.15) is 0 Å². The summed E-state index contributed by atoms with van der Waals surface area (Å²) in [7, 11) is 0. The number of alkyl halides is 3. The maximum Gasteiger partial charge on any atom is 0.416 e. The van der Waals surface area contributed by atoms with Gasteiger partial charge in [-0.05, 0) is 63.3 Å². The molecule has 1 aliphatic rings. The first kappa shape index (κ1) is 27.8. The smallest absolute Gasteiger partial charge is 0.416 e. The molecular formula is C25H33ClF3N5O2. The molecule has 1 amide bonds. The number of benzene rings is 1. The summed E-state index contributed by atoms with van der Waals surface area (Å²) in [5.74, 6) is 0.352. The lowest BCUT2D eigenvalue weighted by molar-refractivity contribution is -0.137. The van der Waals surface area contributed by atoms with E-state index in [1.807, 2.05) is 37.5 Å². The van der Waals surface area contributed by atoms with E-state index in [4.69, 9.17) is 22.1 Å². The monoisotopic (exact) mass is 527 g/mol. The molecule has 1 saturated heterocycles. The summed E-state index contributed by atoms with van der Waals surface area (Å²) in [5.41, 5.74) is 5.73. The number of carbonyl (C=O) groups excluding carboxylic acids is 1. The van der Waals surface area contributed by atoms with Crippen LogP contribution in [0, 0.1) is 0 Å². The topological polar surface area (TPSA) is 84.6 Å². The number of carbonyl (C=O) groups is 1. The number of amides is 1. The Morgan fingerprint density at radius 3 is 2.25 bits per heavy atom. The van der Waals surface area contributed by atoms with Gasteiger partial charge in [0.25, 0.3) is 0 Å². The Kier molecular flexibility index (Phi) is 8.92. The van der Waals surface area contributed by atoms with Crippen LogP contribution in [0.2, 0.25) is 5.02 Å². The fourth-order valence-corrected chi connectivity index (χ4v) is 4.99. The highest BCUT2D eigenvalue weighted by Crippen LogP contribution is 2.35. The summed E-state index contributed by atoms with van der Waals surface area (Å²) < 4.78 is 45.9. The number of anilines is 2. The fourth-order valence-electron chi connectivity index (χ4n) is 4.74. The molecule has 7 nitrogen and oxygen atoms in total. The summed E-state index contributed by atoms with van der Waals surface area (Å²) in [4.78, 5) is 25.4. The minimum absolute atomic E-state index is 0.00196. The van der Waals surface area contributed by atoms with Gasteiger partial charge in [-0.3, -0.25) is 0 Å². The van der Waals surface area contributed by atoms with Crippen LogP contribution in [0.25, 0.3) is 0 Å². The molecule has 0 radical (unpaired) electrons. The summed E-state index contributed by atoms with van der Waals surface area (Å²) >= 11 is 6.05. The number of likely N-dealkylation sites (tertiary alicyclic amines) is 1. The molecule has 1 fully saturated rings. The van der Waals surface area contributed by atoms with Crippen molar-refractivity contribution < 1.29 is 22.7 Å². The van der Waals surface area contributed by atoms with Crippen molar-refractivity contribution in [3.8, 4) is 0 Å². The zero-order valence-electron chi connectivity index (χ0n) is 20.9. The second-order valence-corrected chi connectivity index (χ2v) is 9.82. The predicted octanol–water partition coefficient (Wildman–Crippen LogP) is 6.30. The number of halogens is 4. The van der Waals surface area contributed by atoms with Gasteiger partial charge >= 0.3 is 12.3 Å². The van der Waals surface area contributed by atoms with E-state index in [1.165, 1.54) is 18.5 Å². The minimum atomic E-state index is -4.52. The molecule has 0 bridgehead atoms. The number of aromatic nitrogens is 2. The molecule has 198 valence electrons. The van der Waals surface area contributed by atoms with Crippen molar-refractivity contribution in [3.05, 3.63) is 46.7 Å². The van der Waals surface area contributed by atoms with Crippen LogP contribution in [0.1, 0.15) is 64.5 Å². The molecule has 3 rings (SSSR count). The van der Waals surface area contributed by atoms with E-state index < -0.39 is 11.7 Å². The Labute approximate surface area is 214 Å². The zero-order valence-corrected chi connectivity index (χ0v) is 21.7. The van der Waals surface area contributed by atoms with Gasteiger partial charge in [0.15, 0.2) is 0 Å². The standard InChI is InChI=1S/C25H33ClF3N5O2/c1-5-20-10-22(11-21(6-2)34(20)24(35)36-15(3)4)33(23-31-12-19(30)13-32-23)14-16-7-17(25(27,28)29)9-18(26)8-16/h7-9,12-13,15,20-22H,5-6,10-11,14,30H2,1-4H3/t20-,21+,22-. The Bertz CT molecular complexity index is 1020. The van der Waals surface area contributed by atoms with E-state index in [1.54, 1.807) is 0 Å². The van der Waals surface area contributed by atoms with Crippen molar-refractivity contribution in [3.63, 3.8) is 0 Å². The van der Waals surface area contributed by atoms with Crippen molar-refractivity contribution in [2.75, 3.05) is 10.6 Å². The van der Waals surface area contributed by atoms with Crippen molar-refractivity contribution >= 4 is 29.3 Å². The van der Waals surface area contributed by atoms with Gasteiger partial charge in [-0.25, -0.2) is 14.8 Å². The highest BCUT2D eigenvalue weighted by atomic mass is 35.5. The van der Waals surface area contributed by atoms with Crippen LogP contribution >= 0.6 is 11.6 Å². The molecule has 11 heteroatoms. The molecule has 0 saturated carbocycles. The number of ether oxygens (including phenoxy) is 1. The Hall–Kier alpha value is -2.75. The van der Waals surface area contributed by atoms with E-state index in [2.05, 4.69) is 9.97 Å². The lowest BCUT2D eigenvalue weighted by Crippen LogP contribution is -2.57. The first-order chi connectivity index (χ1) is 16.9. The van der Waals surface area contributed by atoms with Crippen LogP contribution in [0.15, 0.2) is 30.6 Å². The number of nitrogens with two attached hydrogens (primary N) is 1. The molecule has 0 aliphatic carbocycles. The van der Waals surface area contributed by atoms with Crippen LogP contribution in [-0.2, 0) is 17.5 Å². The molecule has 0 unspecified atom stereocenters. The predicted molar refractivity (Wildman–Crippen MR) is 134 cm³/mol. The largest absolute Gasteiger partial charge is 0.447 e. The summed E-state index contributed by atoms with van der Waals surface area (Å²) in [6, 6.07) is 3.17. The first-order valence-electron chi connectivity index (χ1n) is 12.1. The fraction of sp³-hybridized carbons (Fsp3) is 0.560. The van der Waals surface area contributed by atoms with E-state index in [9.17, 15) is 18.0 Å². The average molecular weight is 528 g/mol. The third-order valence-corrected chi connectivity index (χ3v) is 6.58.